The first-order valence-electron chi connectivity index (χ1n) is 2.28. The maximum absolute atomic E-state index is 5.30. The van der Waals surface area contributed by atoms with Crippen LogP contribution in [0.25, 0.3) is 0 Å². The Morgan fingerprint density at radius 1 is 1.67 bits per heavy atom. The molecule has 0 aromatic carbocycles. The van der Waals surface area contributed by atoms with Gasteiger partial charge in [0.05, 0.1) is 0 Å². The maximum Gasteiger partial charge on any atom is 0.0439 e. The van der Waals surface area contributed by atoms with E-state index in [1.54, 1.807) is 0 Å². The average Bonchev–Trinajstić information content (AvgIpc) is 1.33. The van der Waals surface area contributed by atoms with Gasteiger partial charge < -0.3 is 0 Å². The summed E-state index contributed by atoms with van der Waals surface area (Å²) in [6.45, 7) is 4.36. The molecule has 1 aliphatic heterocycles. The Morgan fingerprint density at radius 2 is 2.17 bits per heavy atom. The molecule has 2 radical (unpaired) electrons. The van der Waals surface area contributed by atoms with Crippen molar-refractivity contribution < 1.29 is 0 Å². The molecule has 0 unspecified atom stereocenters. The van der Waals surface area contributed by atoms with Crippen molar-refractivity contribution in [1.29, 1.82) is 0 Å². The van der Waals surface area contributed by atoms with Crippen LogP contribution in [0, 0.1) is 13.0 Å². The summed E-state index contributed by atoms with van der Waals surface area (Å²) >= 11 is 0. The third-order valence-corrected chi connectivity index (χ3v) is 1.09. The summed E-state index contributed by atoms with van der Waals surface area (Å²) in [7, 11) is 5.30. The van der Waals surface area contributed by atoms with Crippen LogP contribution in [0.5, 0.6) is 0 Å². The molecule has 1 heterocycles. The van der Waals surface area contributed by atoms with Gasteiger partial charge in [-0.15, -0.1) is 0 Å². The van der Waals surface area contributed by atoms with Crippen LogP contribution in [0.1, 0.15) is 6.92 Å². The molecule has 1 saturated heterocycles. The predicted molar refractivity (Wildman–Crippen MR) is 25.0 cm³/mol. The minimum absolute atomic E-state index is 0.843. The van der Waals surface area contributed by atoms with Crippen molar-refractivity contribution in [3.8, 4) is 0 Å². The molecule has 0 bridgehead atoms. The van der Waals surface area contributed by atoms with E-state index in [1.807, 2.05) is 4.90 Å². The van der Waals surface area contributed by atoms with Gasteiger partial charge in [0.25, 0.3) is 0 Å². The van der Waals surface area contributed by atoms with Crippen molar-refractivity contribution in [1.82, 2.24) is 4.90 Å². The molecule has 0 spiro atoms. The molecule has 1 rings (SSSR count). The highest BCUT2D eigenvalue weighted by atomic mass is 15.2. The molecular weight excluding hydrogens is 74.1 g/mol. The van der Waals surface area contributed by atoms with Gasteiger partial charge in [-0.3, -0.25) is 4.90 Å². The largest absolute Gasteiger partial charge is 0.297 e. The van der Waals surface area contributed by atoms with Crippen molar-refractivity contribution in [2.45, 2.75) is 6.92 Å². The Hall–Kier alpha value is -0.0400. The number of rotatable bonds is 0. The van der Waals surface area contributed by atoms with E-state index in [0.717, 1.165) is 19.0 Å². The first-order valence-corrected chi connectivity index (χ1v) is 2.28. The smallest absolute Gasteiger partial charge is 0.0439 e. The van der Waals surface area contributed by atoms with Gasteiger partial charge in [0.15, 0.2) is 0 Å². The standard InChI is InChI=1S/C5H9N/c1-5-3-6(2)4-5/h2,5H,3-4H2,1H3. The van der Waals surface area contributed by atoms with Crippen molar-refractivity contribution in [3.63, 3.8) is 0 Å². The predicted octanol–water partition coefficient (Wildman–Crippen LogP) is 0.607. The van der Waals surface area contributed by atoms with Crippen molar-refractivity contribution >= 4 is 0 Å². The molecule has 34 valence electrons. The number of nitrogens with zero attached hydrogens (tertiary/aromatic N) is 1. The van der Waals surface area contributed by atoms with Gasteiger partial charge in [-0.05, 0) is 5.92 Å². The van der Waals surface area contributed by atoms with Gasteiger partial charge in [0.1, 0.15) is 0 Å². The first kappa shape index (κ1) is 4.13. The second-order valence-electron chi connectivity index (χ2n) is 2.06. The summed E-state index contributed by atoms with van der Waals surface area (Å²) < 4.78 is 0. The molecule has 0 amide bonds. The van der Waals surface area contributed by atoms with Gasteiger partial charge in [-0.25, -0.2) is 0 Å². The Balaban J connectivity index is 2.11. The van der Waals surface area contributed by atoms with Crippen molar-refractivity contribution in [2.24, 2.45) is 5.92 Å². The van der Waals surface area contributed by atoms with Crippen LogP contribution in [-0.4, -0.2) is 18.0 Å². The zero-order chi connectivity index (χ0) is 4.57. The molecule has 0 N–H and O–H groups in total. The number of hydrogen-bond acceptors (Lipinski definition) is 1. The van der Waals surface area contributed by atoms with E-state index in [0.29, 0.717) is 0 Å². The van der Waals surface area contributed by atoms with E-state index in [1.165, 1.54) is 0 Å². The maximum atomic E-state index is 5.30. The van der Waals surface area contributed by atoms with E-state index in [4.69, 9.17) is 7.05 Å². The minimum atomic E-state index is 0.843. The molecule has 1 fully saturated rings. The van der Waals surface area contributed by atoms with Crippen LogP contribution >= 0.6 is 0 Å². The van der Waals surface area contributed by atoms with Gasteiger partial charge in [0, 0.05) is 20.1 Å². The summed E-state index contributed by atoms with van der Waals surface area (Å²) in [6.07, 6.45) is 0. The molecule has 0 saturated carbocycles. The fraction of sp³-hybridized carbons (Fsp3) is 0.800. The quantitative estimate of drug-likeness (QED) is 0.414. The van der Waals surface area contributed by atoms with Gasteiger partial charge in [-0.2, -0.15) is 0 Å². The molecule has 6 heavy (non-hydrogen) atoms. The topological polar surface area (TPSA) is 3.24 Å². The monoisotopic (exact) mass is 83.1 g/mol. The van der Waals surface area contributed by atoms with E-state index < -0.39 is 0 Å². The Morgan fingerprint density at radius 3 is 2.17 bits per heavy atom. The Bertz CT molecular complexity index is 39.9. The summed E-state index contributed by atoms with van der Waals surface area (Å²) in [5.74, 6) is 0.843. The SMILES string of the molecule is [CH]N1CC(C)C1. The lowest BCUT2D eigenvalue weighted by Crippen LogP contribution is -2.40. The second-order valence-corrected chi connectivity index (χ2v) is 2.06. The average molecular weight is 83.1 g/mol. The third-order valence-electron chi connectivity index (χ3n) is 1.09. The lowest BCUT2D eigenvalue weighted by molar-refractivity contribution is 0.173. The fourth-order valence-electron chi connectivity index (χ4n) is 0.747. The number of likely N-dealkylation sites (tertiary alicyclic amines) is 1. The summed E-state index contributed by atoms with van der Waals surface area (Å²) in [6, 6.07) is 0. The summed E-state index contributed by atoms with van der Waals surface area (Å²) in [5, 5.41) is 0. The van der Waals surface area contributed by atoms with Crippen molar-refractivity contribution in [2.75, 3.05) is 13.1 Å². The highest BCUT2D eigenvalue weighted by Gasteiger charge is 2.17. The molecule has 0 aliphatic carbocycles. The summed E-state index contributed by atoms with van der Waals surface area (Å²) in [4.78, 5) is 1.82. The van der Waals surface area contributed by atoms with Crippen LogP contribution in [0.2, 0.25) is 0 Å². The second kappa shape index (κ2) is 1.23. The number of hydrogen-bond donors (Lipinski definition) is 0. The van der Waals surface area contributed by atoms with E-state index >= 15 is 0 Å². The molecule has 1 aliphatic rings. The van der Waals surface area contributed by atoms with Crippen molar-refractivity contribution in [3.05, 3.63) is 7.05 Å². The highest BCUT2D eigenvalue weighted by molar-refractivity contribution is 4.74. The normalized spacial score (nSPS) is 27.0. The molecule has 0 aromatic rings. The van der Waals surface area contributed by atoms with Crippen LogP contribution in [0.3, 0.4) is 0 Å². The lowest BCUT2D eigenvalue weighted by Gasteiger charge is -2.32. The summed E-state index contributed by atoms with van der Waals surface area (Å²) in [5.41, 5.74) is 0. The first-order chi connectivity index (χ1) is 2.79. The van der Waals surface area contributed by atoms with Crippen LogP contribution < -0.4 is 0 Å². The van der Waals surface area contributed by atoms with Crippen LogP contribution in [-0.2, 0) is 0 Å². The zero-order valence-corrected chi connectivity index (χ0v) is 4.02. The molecule has 0 aromatic heterocycles. The molecule has 1 heteroatoms. The van der Waals surface area contributed by atoms with Crippen LogP contribution in [0.15, 0.2) is 0 Å². The van der Waals surface area contributed by atoms with Gasteiger partial charge >= 0.3 is 0 Å². The highest BCUT2D eigenvalue weighted by Crippen LogP contribution is 2.10. The van der Waals surface area contributed by atoms with E-state index in [-0.39, 0.29) is 0 Å². The van der Waals surface area contributed by atoms with Crippen LogP contribution in [0.4, 0.5) is 0 Å². The van der Waals surface area contributed by atoms with Gasteiger partial charge in [0.2, 0.25) is 0 Å². The molecular formula is C5H9N. The van der Waals surface area contributed by atoms with E-state index in [2.05, 4.69) is 6.92 Å². The lowest BCUT2D eigenvalue weighted by atomic mass is 10.1. The molecule has 1 nitrogen and oxygen atoms in total. The van der Waals surface area contributed by atoms with E-state index in [9.17, 15) is 0 Å². The fourth-order valence-corrected chi connectivity index (χ4v) is 0.747. The molecule has 0 atom stereocenters. The third kappa shape index (κ3) is 0.548. The Labute approximate surface area is 39.0 Å². The Kier molecular flexibility index (Phi) is 0.845. The zero-order valence-electron chi connectivity index (χ0n) is 4.02. The van der Waals surface area contributed by atoms with Gasteiger partial charge in [-0.1, -0.05) is 6.92 Å². The minimum Gasteiger partial charge on any atom is -0.297 e.